The van der Waals surface area contributed by atoms with Gasteiger partial charge in [0.25, 0.3) is 5.91 Å². The summed E-state index contributed by atoms with van der Waals surface area (Å²) in [5.74, 6) is 1.11. The lowest BCUT2D eigenvalue weighted by molar-refractivity contribution is 0.0888. The molecule has 0 radical (unpaired) electrons. The van der Waals surface area contributed by atoms with E-state index in [9.17, 15) is 10.1 Å². The molecule has 1 amide bonds. The van der Waals surface area contributed by atoms with E-state index in [0.29, 0.717) is 24.4 Å². The van der Waals surface area contributed by atoms with Gasteiger partial charge in [0.15, 0.2) is 5.76 Å². The molecule has 0 spiro atoms. The Bertz CT molecular complexity index is 773. The Labute approximate surface area is 148 Å². The van der Waals surface area contributed by atoms with Crippen molar-refractivity contribution in [1.29, 1.82) is 5.26 Å². The number of hydrogen-bond acceptors (Lipinski definition) is 4. The lowest BCUT2D eigenvalue weighted by Gasteiger charge is -2.21. The van der Waals surface area contributed by atoms with Gasteiger partial charge in [-0.3, -0.25) is 4.79 Å². The Morgan fingerprint density at radius 3 is 2.83 bits per heavy atom. The summed E-state index contributed by atoms with van der Waals surface area (Å²) in [5, 5.41) is 12.1. The van der Waals surface area contributed by atoms with Crippen molar-refractivity contribution in [3.05, 3.63) is 52.4 Å². The van der Waals surface area contributed by atoms with Crippen LogP contribution in [0.25, 0.3) is 0 Å². The van der Waals surface area contributed by atoms with Crippen LogP contribution in [-0.4, -0.2) is 11.4 Å². The number of halogens is 1. The average molecular weight is 389 g/mol. The molecule has 1 aliphatic carbocycles. The smallest absolute Gasteiger partial charge is 0.288 e. The van der Waals surface area contributed by atoms with E-state index in [1.807, 2.05) is 24.3 Å². The Balaban J connectivity index is 1.60. The zero-order chi connectivity index (χ0) is 17.0. The summed E-state index contributed by atoms with van der Waals surface area (Å²) in [7, 11) is 0. The number of benzene rings is 1. The van der Waals surface area contributed by atoms with E-state index in [1.54, 1.807) is 12.1 Å². The fraction of sp³-hybridized carbons (Fsp3) is 0.333. The van der Waals surface area contributed by atoms with E-state index in [2.05, 4.69) is 27.3 Å². The molecule has 0 unspecified atom stereocenters. The first-order chi connectivity index (χ1) is 11.6. The van der Waals surface area contributed by atoms with Gasteiger partial charge >= 0.3 is 0 Å². The standard InChI is InChI=1S/C18H17BrN2O3/c19-13-4-3-5-14(10-13)23-11-15-6-7-16(24-15)17(22)21-18(12-20)8-1-2-9-18/h3-7,10H,1-2,8-9,11H2,(H,21,22). The summed E-state index contributed by atoms with van der Waals surface area (Å²) in [4.78, 5) is 12.3. The van der Waals surface area contributed by atoms with E-state index >= 15 is 0 Å². The number of rotatable bonds is 5. The molecule has 3 rings (SSSR count). The molecule has 0 bridgehead atoms. The third kappa shape index (κ3) is 3.80. The molecule has 1 heterocycles. The Morgan fingerprint density at radius 2 is 2.12 bits per heavy atom. The molecule has 1 aromatic carbocycles. The monoisotopic (exact) mass is 388 g/mol. The topological polar surface area (TPSA) is 75.3 Å². The van der Waals surface area contributed by atoms with Gasteiger partial charge in [-0.15, -0.1) is 0 Å². The third-order valence-corrected chi connectivity index (χ3v) is 4.58. The van der Waals surface area contributed by atoms with Gasteiger partial charge < -0.3 is 14.5 Å². The third-order valence-electron chi connectivity index (χ3n) is 4.09. The van der Waals surface area contributed by atoms with Gasteiger partial charge in [-0.25, -0.2) is 0 Å². The molecule has 0 atom stereocenters. The quantitative estimate of drug-likeness (QED) is 0.832. The van der Waals surface area contributed by atoms with Crippen LogP contribution in [0, 0.1) is 11.3 Å². The van der Waals surface area contributed by atoms with Crippen LogP contribution in [0.1, 0.15) is 42.0 Å². The van der Waals surface area contributed by atoms with Crippen molar-refractivity contribution >= 4 is 21.8 Å². The van der Waals surface area contributed by atoms with Crippen molar-refractivity contribution in [1.82, 2.24) is 5.32 Å². The van der Waals surface area contributed by atoms with Crippen LogP contribution >= 0.6 is 15.9 Å². The van der Waals surface area contributed by atoms with E-state index < -0.39 is 5.54 Å². The van der Waals surface area contributed by atoms with Crippen LogP contribution in [0.4, 0.5) is 0 Å². The van der Waals surface area contributed by atoms with Crippen LogP contribution in [0.15, 0.2) is 45.3 Å². The zero-order valence-corrected chi connectivity index (χ0v) is 14.6. The maximum atomic E-state index is 12.3. The fourth-order valence-electron chi connectivity index (χ4n) is 2.81. The van der Waals surface area contributed by atoms with Crippen LogP contribution in [0.2, 0.25) is 0 Å². The normalized spacial score (nSPS) is 15.7. The first-order valence-corrected chi connectivity index (χ1v) is 8.60. The second-order valence-corrected chi connectivity index (χ2v) is 6.78. The first-order valence-electron chi connectivity index (χ1n) is 7.81. The number of nitriles is 1. The predicted octanol–water partition coefficient (Wildman–Crippen LogP) is 4.19. The molecule has 0 aliphatic heterocycles. The maximum absolute atomic E-state index is 12.3. The summed E-state index contributed by atoms with van der Waals surface area (Å²) in [5.41, 5.74) is -0.753. The highest BCUT2D eigenvalue weighted by molar-refractivity contribution is 9.10. The van der Waals surface area contributed by atoms with Crippen molar-refractivity contribution in [3.63, 3.8) is 0 Å². The molecule has 1 aliphatic rings. The van der Waals surface area contributed by atoms with Gasteiger partial charge in [0.2, 0.25) is 0 Å². The molecular formula is C18H17BrN2O3. The Kier molecular flexibility index (Phi) is 4.91. The highest BCUT2D eigenvalue weighted by Gasteiger charge is 2.36. The molecule has 1 aromatic heterocycles. The van der Waals surface area contributed by atoms with Crippen LogP contribution in [0.5, 0.6) is 5.75 Å². The number of carbonyl (C=O) groups excluding carboxylic acids is 1. The summed E-state index contributed by atoms with van der Waals surface area (Å²) < 4.78 is 12.1. The van der Waals surface area contributed by atoms with Gasteiger partial charge in [0.1, 0.15) is 23.7 Å². The molecule has 124 valence electrons. The van der Waals surface area contributed by atoms with Gasteiger partial charge in [0.05, 0.1) is 6.07 Å². The molecule has 2 aromatic rings. The van der Waals surface area contributed by atoms with Crippen molar-refractivity contribution in [2.75, 3.05) is 0 Å². The van der Waals surface area contributed by atoms with Gasteiger partial charge in [-0.2, -0.15) is 5.26 Å². The van der Waals surface area contributed by atoms with Gasteiger partial charge in [0, 0.05) is 4.47 Å². The summed E-state index contributed by atoms with van der Waals surface area (Å²) >= 11 is 3.38. The zero-order valence-electron chi connectivity index (χ0n) is 13.0. The second kappa shape index (κ2) is 7.10. The maximum Gasteiger partial charge on any atom is 0.288 e. The van der Waals surface area contributed by atoms with Crippen LogP contribution in [-0.2, 0) is 6.61 Å². The van der Waals surface area contributed by atoms with Crippen molar-refractivity contribution in [2.45, 2.75) is 37.8 Å². The average Bonchev–Trinajstić information content (AvgIpc) is 3.23. The number of hydrogen-bond donors (Lipinski definition) is 1. The molecule has 24 heavy (non-hydrogen) atoms. The second-order valence-electron chi connectivity index (χ2n) is 5.87. The van der Waals surface area contributed by atoms with E-state index in [4.69, 9.17) is 9.15 Å². The minimum absolute atomic E-state index is 0.198. The number of carbonyl (C=O) groups is 1. The highest BCUT2D eigenvalue weighted by Crippen LogP contribution is 2.29. The number of furan rings is 1. The Morgan fingerprint density at radius 1 is 1.33 bits per heavy atom. The summed E-state index contributed by atoms with van der Waals surface area (Å²) in [6.45, 7) is 0.229. The largest absolute Gasteiger partial charge is 0.486 e. The van der Waals surface area contributed by atoms with Gasteiger partial charge in [-0.05, 0) is 56.0 Å². The van der Waals surface area contributed by atoms with Gasteiger partial charge in [-0.1, -0.05) is 22.0 Å². The minimum Gasteiger partial charge on any atom is -0.486 e. The predicted molar refractivity (Wildman–Crippen MR) is 91.5 cm³/mol. The van der Waals surface area contributed by atoms with E-state index in [1.165, 1.54) is 0 Å². The SMILES string of the molecule is N#CC1(NC(=O)c2ccc(COc3cccc(Br)c3)o2)CCCC1. The lowest BCUT2D eigenvalue weighted by Crippen LogP contribution is -2.44. The van der Waals surface area contributed by atoms with Crippen LogP contribution in [0.3, 0.4) is 0 Å². The molecule has 1 fully saturated rings. The molecular weight excluding hydrogens is 372 g/mol. The van der Waals surface area contributed by atoms with E-state index in [0.717, 1.165) is 17.3 Å². The Hall–Kier alpha value is -2.26. The molecule has 0 saturated heterocycles. The highest BCUT2D eigenvalue weighted by atomic mass is 79.9. The molecule has 6 heteroatoms. The number of nitrogens with zero attached hydrogens (tertiary/aromatic N) is 1. The molecule has 5 nitrogen and oxygen atoms in total. The first kappa shape index (κ1) is 16.6. The molecule has 1 saturated carbocycles. The molecule has 1 N–H and O–H groups in total. The van der Waals surface area contributed by atoms with Crippen LogP contribution < -0.4 is 10.1 Å². The summed E-state index contributed by atoms with van der Waals surface area (Å²) in [6, 6.07) is 13.0. The van der Waals surface area contributed by atoms with Crippen molar-refractivity contribution in [3.8, 4) is 11.8 Å². The fourth-order valence-corrected chi connectivity index (χ4v) is 3.19. The number of nitrogens with one attached hydrogen (secondary N) is 1. The van der Waals surface area contributed by atoms with Crippen molar-refractivity contribution in [2.24, 2.45) is 0 Å². The lowest BCUT2D eigenvalue weighted by atomic mass is 10.00. The van der Waals surface area contributed by atoms with E-state index in [-0.39, 0.29) is 18.3 Å². The summed E-state index contributed by atoms with van der Waals surface area (Å²) in [6.07, 6.45) is 3.29. The number of ether oxygens (including phenoxy) is 1. The minimum atomic E-state index is -0.753. The van der Waals surface area contributed by atoms with Crippen molar-refractivity contribution < 1.29 is 13.9 Å². The number of amides is 1.